The Morgan fingerprint density at radius 3 is 3.05 bits per heavy atom. The molecule has 2 rings (SSSR count). The first-order chi connectivity index (χ1) is 9.08. The van der Waals surface area contributed by atoms with Crippen molar-refractivity contribution in [3.63, 3.8) is 0 Å². The van der Waals surface area contributed by atoms with Gasteiger partial charge in [-0.15, -0.1) is 0 Å². The van der Waals surface area contributed by atoms with Gasteiger partial charge in [0.15, 0.2) is 0 Å². The summed E-state index contributed by atoms with van der Waals surface area (Å²) in [6.07, 6.45) is 2.20. The van der Waals surface area contributed by atoms with Gasteiger partial charge >= 0.3 is 0 Å². The molecule has 1 saturated heterocycles. The van der Waals surface area contributed by atoms with Crippen LogP contribution in [0.5, 0.6) is 0 Å². The first-order valence-electron chi connectivity index (χ1n) is 6.60. The highest BCUT2D eigenvalue weighted by Gasteiger charge is 2.33. The molecule has 1 heterocycles. The standard InChI is InChI=1S/C15H18N2O2/c1-2-15(19)7-4-8-17(11-15)14(18)13-6-3-5-12(9-13)10-16/h3,5-6,9,19H,2,4,7-8,11H2,1H3/t15-/m0/s1. The molecule has 0 aromatic heterocycles. The van der Waals surface area contributed by atoms with Crippen LogP contribution < -0.4 is 0 Å². The van der Waals surface area contributed by atoms with Gasteiger partial charge in [0.05, 0.1) is 17.2 Å². The minimum Gasteiger partial charge on any atom is -0.388 e. The van der Waals surface area contributed by atoms with Crippen LogP contribution in [0.25, 0.3) is 0 Å². The summed E-state index contributed by atoms with van der Waals surface area (Å²) < 4.78 is 0. The van der Waals surface area contributed by atoms with Crippen LogP contribution >= 0.6 is 0 Å². The number of rotatable bonds is 2. The zero-order chi connectivity index (χ0) is 13.9. The van der Waals surface area contributed by atoms with Gasteiger partial charge < -0.3 is 10.0 Å². The number of β-amino-alcohol motifs (C(OH)–C–C–N with tert-alkyl or cyclic N) is 1. The normalized spacial score (nSPS) is 22.9. The molecule has 1 fully saturated rings. The average molecular weight is 258 g/mol. The summed E-state index contributed by atoms with van der Waals surface area (Å²) >= 11 is 0. The van der Waals surface area contributed by atoms with E-state index in [0.717, 1.165) is 12.8 Å². The average Bonchev–Trinajstić information content (AvgIpc) is 2.46. The van der Waals surface area contributed by atoms with E-state index in [1.165, 1.54) is 0 Å². The van der Waals surface area contributed by atoms with Crippen molar-refractivity contribution in [2.45, 2.75) is 31.8 Å². The molecule has 0 saturated carbocycles. The van der Waals surface area contributed by atoms with Crippen molar-refractivity contribution in [2.24, 2.45) is 0 Å². The van der Waals surface area contributed by atoms with Crippen molar-refractivity contribution in [3.8, 4) is 6.07 Å². The van der Waals surface area contributed by atoms with Crippen LogP contribution in [-0.4, -0.2) is 34.6 Å². The number of aliphatic hydroxyl groups is 1. The molecule has 1 aromatic rings. The minimum absolute atomic E-state index is 0.108. The van der Waals surface area contributed by atoms with Crippen LogP contribution in [-0.2, 0) is 0 Å². The molecular formula is C15H18N2O2. The van der Waals surface area contributed by atoms with Gasteiger partial charge in [-0.05, 0) is 37.5 Å². The molecule has 0 spiro atoms. The third-order valence-corrected chi connectivity index (χ3v) is 3.74. The Hall–Kier alpha value is -1.86. The van der Waals surface area contributed by atoms with E-state index in [1.807, 2.05) is 13.0 Å². The van der Waals surface area contributed by atoms with Gasteiger partial charge in [-0.1, -0.05) is 13.0 Å². The fourth-order valence-corrected chi connectivity index (χ4v) is 2.48. The van der Waals surface area contributed by atoms with Crippen molar-refractivity contribution in [1.29, 1.82) is 5.26 Å². The Bertz CT molecular complexity index is 521. The lowest BCUT2D eigenvalue weighted by Gasteiger charge is -2.38. The minimum atomic E-state index is -0.763. The number of hydrogen-bond acceptors (Lipinski definition) is 3. The highest BCUT2D eigenvalue weighted by Crippen LogP contribution is 2.25. The van der Waals surface area contributed by atoms with Crippen LogP contribution in [0.1, 0.15) is 42.1 Å². The quantitative estimate of drug-likeness (QED) is 0.881. The SMILES string of the molecule is CC[C@]1(O)CCCN(C(=O)c2cccc(C#N)c2)C1. The van der Waals surface area contributed by atoms with E-state index in [0.29, 0.717) is 30.6 Å². The molecule has 1 aliphatic heterocycles. The topological polar surface area (TPSA) is 64.3 Å². The van der Waals surface area contributed by atoms with E-state index in [9.17, 15) is 9.90 Å². The van der Waals surface area contributed by atoms with Gasteiger partial charge in [0, 0.05) is 18.7 Å². The smallest absolute Gasteiger partial charge is 0.253 e. The molecule has 100 valence electrons. The van der Waals surface area contributed by atoms with Gasteiger partial charge in [-0.25, -0.2) is 0 Å². The molecule has 4 heteroatoms. The zero-order valence-corrected chi connectivity index (χ0v) is 11.1. The second-order valence-corrected chi connectivity index (χ2v) is 5.10. The van der Waals surface area contributed by atoms with Gasteiger partial charge in [-0.2, -0.15) is 5.26 Å². The maximum atomic E-state index is 12.4. The number of amides is 1. The van der Waals surface area contributed by atoms with E-state index >= 15 is 0 Å². The molecule has 0 radical (unpaired) electrons. The number of nitrogens with zero attached hydrogens (tertiary/aromatic N) is 2. The van der Waals surface area contributed by atoms with Crippen LogP contribution in [0.15, 0.2) is 24.3 Å². The van der Waals surface area contributed by atoms with Gasteiger partial charge in [0.25, 0.3) is 5.91 Å². The van der Waals surface area contributed by atoms with E-state index in [2.05, 4.69) is 0 Å². The molecule has 0 bridgehead atoms. The van der Waals surface area contributed by atoms with E-state index in [-0.39, 0.29) is 5.91 Å². The second-order valence-electron chi connectivity index (χ2n) is 5.10. The monoisotopic (exact) mass is 258 g/mol. The summed E-state index contributed by atoms with van der Waals surface area (Å²) in [4.78, 5) is 14.1. The predicted molar refractivity (Wildman–Crippen MR) is 71.5 cm³/mol. The largest absolute Gasteiger partial charge is 0.388 e. The first-order valence-corrected chi connectivity index (χ1v) is 6.60. The summed E-state index contributed by atoms with van der Waals surface area (Å²) in [5, 5.41) is 19.2. The Labute approximate surface area is 113 Å². The molecule has 19 heavy (non-hydrogen) atoms. The van der Waals surface area contributed by atoms with Crippen molar-refractivity contribution in [3.05, 3.63) is 35.4 Å². The Balaban J connectivity index is 2.17. The number of carbonyl (C=O) groups is 1. The summed E-state index contributed by atoms with van der Waals surface area (Å²) in [5.74, 6) is -0.108. The Morgan fingerprint density at radius 2 is 2.37 bits per heavy atom. The predicted octanol–water partition coefficient (Wildman–Crippen LogP) is 1.94. The van der Waals surface area contributed by atoms with Crippen molar-refractivity contribution >= 4 is 5.91 Å². The first kappa shape index (κ1) is 13.6. The summed E-state index contributed by atoms with van der Waals surface area (Å²) in [6.45, 7) is 2.97. The number of hydrogen-bond donors (Lipinski definition) is 1. The molecule has 1 atom stereocenters. The molecule has 1 N–H and O–H groups in total. The summed E-state index contributed by atoms with van der Waals surface area (Å²) in [5.41, 5.74) is 0.230. The third-order valence-electron chi connectivity index (χ3n) is 3.74. The summed E-state index contributed by atoms with van der Waals surface area (Å²) in [6, 6.07) is 8.73. The maximum Gasteiger partial charge on any atom is 0.253 e. The van der Waals surface area contributed by atoms with Gasteiger partial charge in [-0.3, -0.25) is 4.79 Å². The lowest BCUT2D eigenvalue weighted by Crippen LogP contribution is -2.49. The molecule has 0 aliphatic carbocycles. The molecule has 1 aliphatic rings. The highest BCUT2D eigenvalue weighted by molar-refractivity contribution is 5.94. The Morgan fingerprint density at radius 1 is 1.58 bits per heavy atom. The third kappa shape index (κ3) is 2.94. The van der Waals surface area contributed by atoms with Gasteiger partial charge in [0.1, 0.15) is 0 Å². The summed E-state index contributed by atoms with van der Waals surface area (Å²) in [7, 11) is 0. The number of nitriles is 1. The molecule has 0 unspecified atom stereocenters. The van der Waals surface area contributed by atoms with Crippen LogP contribution in [0.2, 0.25) is 0 Å². The highest BCUT2D eigenvalue weighted by atomic mass is 16.3. The molecule has 4 nitrogen and oxygen atoms in total. The van der Waals surface area contributed by atoms with Crippen LogP contribution in [0, 0.1) is 11.3 Å². The number of likely N-dealkylation sites (tertiary alicyclic amines) is 1. The van der Waals surface area contributed by atoms with E-state index in [4.69, 9.17) is 5.26 Å². The van der Waals surface area contributed by atoms with Gasteiger partial charge in [0.2, 0.25) is 0 Å². The number of benzene rings is 1. The number of piperidine rings is 1. The van der Waals surface area contributed by atoms with Crippen molar-refractivity contribution in [1.82, 2.24) is 4.90 Å². The molecule has 1 amide bonds. The fourth-order valence-electron chi connectivity index (χ4n) is 2.48. The maximum absolute atomic E-state index is 12.4. The van der Waals surface area contributed by atoms with Crippen molar-refractivity contribution in [2.75, 3.05) is 13.1 Å². The zero-order valence-electron chi connectivity index (χ0n) is 11.1. The van der Waals surface area contributed by atoms with E-state index in [1.54, 1.807) is 29.2 Å². The van der Waals surface area contributed by atoms with Crippen LogP contribution in [0.3, 0.4) is 0 Å². The number of carbonyl (C=O) groups excluding carboxylic acids is 1. The lowest BCUT2D eigenvalue weighted by atomic mass is 9.90. The second kappa shape index (κ2) is 5.41. The molecular weight excluding hydrogens is 240 g/mol. The Kier molecular flexibility index (Phi) is 3.87. The lowest BCUT2D eigenvalue weighted by molar-refractivity contribution is -0.0270. The molecule has 1 aromatic carbocycles. The fraction of sp³-hybridized carbons (Fsp3) is 0.467. The van der Waals surface area contributed by atoms with Crippen LogP contribution in [0.4, 0.5) is 0 Å². The van der Waals surface area contributed by atoms with E-state index < -0.39 is 5.60 Å². The van der Waals surface area contributed by atoms with Crippen molar-refractivity contribution < 1.29 is 9.90 Å².